The van der Waals surface area contributed by atoms with Gasteiger partial charge in [0, 0.05) is 12.7 Å². The largest absolute Gasteiger partial charge is 0.444 e. The van der Waals surface area contributed by atoms with Crippen LogP contribution >= 0.6 is 0 Å². The number of rotatable bonds is 3. The van der Waals surface area contributed by atoms with Crippen LogP contribution in [0.3, 0.4) is 0 Å². The Hall–Kier alpha value is -2.09. The molecule has 0 aromatic carbocycles. The molecule has 1 rings (SSSR count). The van der Waals surface area contributed by atoms with Gasteiger partial charge in [-0.2, -0.15) is 5.26 Å². The van der Waals surface area contributed by atoms with Crippen molar-refractivity contribution in [3.63, 3.8) is 0 Å². The number of carbonyl (C=O) groups excluding carboxylic acids is 1. The molecule has 5 nitrogen and oxygen atoms in total. The van der Waals surface area contributed by atoms with Gasteiger partial charge in [-0.15, -0.1) is 0 Å². The van der Waals surface area contributed by atoms with E-state index in [9.17, 15) is 4.79 Å². The molecule has 0 radical (unpaired) electrons. The normalized spacial score (nSPS) is 12.3. The van der Waals surface area contributed by atoms with E-state index in [4.69, 9.17) is 10.00 Å². The lowest BCUT2D eigenvalue weighted by Crippen LogP contribution is -2.34. The second-order valence-corrected chi connectivity index (χ2v) is 4.82. The third kappa shape index (κ3) is 4.83. The van der Waals surface area contributed by atoms with E-state index in [1.165, 1.54) is 0 Å². The number of ether oxygens (including phenoxy) is 1. The van der Waals surface area contributed by atoms with Crippen LogP contribution in [0.4, 0.5) is 4.79 Å². The quantitative estimate of drug-likeness (QED) is 0.888. The molecule has 1 aromatic rings. The number of nitrogens with one attached hydrogen (secondary N) is 1. The lowest BCUT2D eigenvalue weighted by Gasteiger charge is -2.20. The Morgan fingerprint density at radius 3 is 2.78 bits per heavy atom. The Balaban J connectivity index is 2.52. The molecule has 0 saturated carbocycles. The van der Waals surface area contributed by atoms with E-state index in [-0.39, 0.29) is 6.54 Å². The Morgan fingerprint density at radius 1 is 1.56 bits per heavy atom. The van der Waals surface area contributed by atoms with Crippen LogP contribution in [0.2, 0.25) is 0 Å². The van der Waals surface area contributed by atoms with Crippen molar-refractivity contribution in [1.29, 1.82) is 5.26 Å². The van der Waals surface area contributed by atoms with Crippen LogP contribution < -0.4 is 5.32 Å². The molecule has 96 valence electrons. The molecule has 1 atom stereocenters. The molecule has 18 heavy (non-hydrogen) atoms. The van der Waals surface area contributed by atoms with Crippen LogP contribution in [0.5, 0.6) is 0 Å². The second kappa shape index (κ2) is 6.01. The Labute approximate surface area is 107 Å². The second-order valence-electron chi connectivity index (χ2n) is 4.82. The molecule has 1 N–H and O–H groups in total. The van der Waals surface area contributed by atoms with Crippen LogP contribution in [0.15, 0.2) is 24.4 Å². The van der Waals surface area contributed by atoms with E-state index < -0.39 is 17.6 Å². The van der Waals surface area contributed by atoms with Gasteiger partial charge >= 0.3 is 6.09 Å². The van der Waals surface area contributed by atoms with Crippen LogP contribution in [0.1, 0.15) is 32.4 Å². The molecule has 0 aliphatic rings. The minimum Gasteiger partial charge on any atom is -0.444 e. The number of nitriles is 1. The van der Waals surface area contributed by atoms with E-state index in [0.717, 1.165) is 0 Å². The highest BCUT2D eigenvalue weighted by Crippen LogP contribution is 2.11. The molecule has 0 bridgehead atoms. The topological polar surface area (TPSA) is 75.0 Å². The number of hydrogen-bond acceptors (Lipinski definition) is 4. The zero-order valence-corrected chi connectivity index (χ0v) is 10.8. The number of carbonyl (C=O) groups is 1. The number of pyridine rings is 1. The zero-order chi connectivity index (χ0) is 13.6. The fourth-order valence-electron chi connectivity index (χ4n) is 1.30. The number of nitrogens with zero attached hydrogens (tertiary/aromatic N) is 2. The van der Waals surface area contributed by atoms with Gasteiger partial charge in [0.1, 0.15) is 11.5 Å². The van der Waals surface area contributed by atoms with Gasteiger partial charge in [-0.05, 0) is 32.9 Å². The SMILES string of the molecule is CC(C)(C)OC(=O)NCC(C#N)c1ccccn1. The van der Waals surface area contributed by atoms with E-state index in [1.54, 1.807) is 45.2 Å². The average Bonchev–Trinajstić information content (AvgIpc) is 2.29. The molecule has 1 heterocycles. The molecule has 0 saturated heterocycles. The monoisotopic (exact) mass is 247 g/mol. The predicted molar refractivity (Wildman–Crippen MR) is 66.8 cm³/mol. The highest BCUT2D eigenvalue weighted by atomic mass is 16.6. The summed E-state index contributed by atoms with van der Waals surface area (Å²) in [5.41, 5.74) is 0.0908. The molecule has 1 unspecified atom stereocenters. The first kappa shape index (κ1) is 14.0. The fourth-order valence-corrected chi connectivity index (χ4v) is 1.30. The third-order valence-corrected chi connectivity index (χ3v) is 2.05. The van der Waals surface area contributed by atoms with Gasteiger partial charge in [0.05, 0.1) is 11.8 Å². The summed E-state index contributed by atoms with van der Waals surface area (Å²) in [5, 5.41) is 11.6. The first-order chi connectivity index (χ1) is 8.42. The summed E-state index contributed by atoms with van der Waals surface area (Å²) >= 11 is 0. The molecule has 0 fully saturated rings. The molecular formula is C13H17N3O2. The molecule has 0 aliphatic heterocycles. The van der Waals surface area contributed by atoms with Crippen LogP contribution in [-0.4, -0.2) is 23.2 Å². The van der Waals surface area contributed by atoms with Gasteiger partial charge < -0.3 is 10.1 Å². The van der Waals surface area contributed by atoms with E-state index in [0.29, 0.717) is 5.69 Å². The van der Waals surface area contributed by atoms with E-state index in [1.807, 2.05) is 0 Å². The molecule has 1 amide bonds. The Bertz CT molecular complexity index is 432. The highest BCUT2D eigenvalue weighted by Gasteiger charge is 2.18. The molecule has 0 spiro atoms. The first-order valence-electron chi connectivity index (χ1n) is 5.70. The first-order valence-corrected chi connectivity index (χ1v) is 5.70. The summed E-state index contributed by atoms with van der Waals surface area (Å²) in [6.45, 7) is 5.54. The van der Waals surface area contributed by atoms with Crippen molar-refractivity contribution in [2.75, 3.05) is 6.54 Å². The summed E-state index contributed by atoms with van der Waals surface area (Å²) in [4.78, 5) is 15.5. The fraction of sp³-hybridized carbons (Fsp3) is 0.462. The maximum atomic E-state index is 11.4. The summed E-state index contributed by atoms with van der Waals surface area (Å²) in [7, 11) is 0. The van der Waals surface area contributed by atoms with Crippen molar-refractivity contribution in [1.82, 2.24) is 10.3 Å². The predicted octanol–water partition coefficient (Wildman–Crippen LogP) is 2.21. The van der Waals surface area contributed by atoms with Crippen LogP contribution in [0.25, 0.3) is 0 Å². The summed E-state index contributed by atoms with van der Waals surface area (Å²) in [6.07, 6.45) is 1.09. The molecule has 1 aromatic heterocycles. The number of amides is 1. The third-order valence-electron chi connectivity index (χ3n) is 2.05. The lowest BCUT2D eigenvalue weighted by atomic mass is 10.1. The van der Waals surface area contributed by atoms with Crippen molar-refractivity contribution in [2.45, 2.75) is 32.3 Å². The number of alkyl carbamates (subject to hydrolysis) is 1. The van der Waals surface area contributed by atoms with Crippen LogP contribution in [0, 0.1) is 11.3 Å². The van der Waals surface area contributed by atoms with Crippen LogP contribution in [-0.2, 0) is 4.74 Å². The van der Waals surface area contributed by atoms with Gasteiger partial charge in [-0.25, -0.2) is 4.79 Å². The van der Waals surface area contributed by atoms with Crippen molar-refractivity contribution in [2.24, 2.45) is 0 Å². The van der Waals surface area contributed by atoms with Gasteiger partial charge in [-0.3, -0.25) is 4.98 Å². The molecule has 5 heteroatoms. The van der Waals surface area contributed by atoms with Crippen molar-refractivity contribution in [3.05, 3.63) is 30.1 Å². The standard InChI is InChI=1S/C13H17N3O2/c1-13(2,3)18-12(17)16-9-10(8-14)11-6-4-5-7-15-11/h4-7,10H,9H2,1-3H3,(H,16,17). The van der Waals surface area contributed by atoms with Gasteiger partial charge in [-0.1, -0.05) is 6.07 Å². The Kier molecular flexibility index (Phi) is 4.67. The number of hydrogen-bond donors (Lipinski definition) is 1. The van der Waals surface area contributed by atoms with E-state index in [2.05, 4.69) is 16.4 Å². The Morgan fingerprint density at radius 2 is 2.28 bits per heavy atom. The summed E-state index contributed by atoms with van der Waals surface area (Å²) < 4.78 is 5.09. The minimum absolute atomic E-state index is 0.183. The van der Waals surface area contributed by atoms with Crippen molar-refractivity contribution >= 4 is 6.09 Å². The van der Waals surface area contributed by atoms with Gasteiger partial charge in [0.2, 0.25) is 0 Å². The smallest absolute Gasteiger partial charge is 0.407 e. The number of aromatic nitrogens is 1. The van der Waals surface area contributed by atoms with Gasteiger partial charge in [0.15, 0.2) is 0 Å². The maximum Gasteiger partial charge on any atom is 0.407 e. The van der Waals surface area contributed by atoms with Crippen molar-refractivity contribution in [3.8, 4) is 6.07 Å². The lowest BCUT2D eigenvalue weighted by molar-refractivity contribution is 0.0526. The maximum absolute atomic E-state index is 11.4. The zero-order valence-electron chi connectivity index (χ0n) is 10.8. The minimum atomic E-state index is -0.544. The summed E-state index contributed by atoms with van der Waals surface area (Å²) in [6, 6.07) is 7.44. The molecular weight excluding hydrogens is 230 g/mol. The molecule has 0 aliphatic carbocycles. The van der Waals surface area contributed by atoms with E-state index >= 15 is 0 Å². The van der Waals surface area contributed by atoms with Crippen molar-refractivity contribution < 1.29 is 9.53 Å². The summed E-state index contributed by atoms with van der Waals surface area (Å²) in [5.74, 6) is -0.473. The average molecular weight is 247 g/mol. The highest BCUT2D eigenvalue weighted by molar-refractivity contribution is 5.67. The van der Waals surface area contributed by atoms with Gasteiger partial charge in [0.25, 0.3) is 0 Å².